The summed E-state index contributed by atoms with van der Waals surface area (Å²) in [4.78, 5) is -0.0666. The summed E-state index contributed by atoms with van der Waals surface area (Å²) in [7, 11) is -4.02. The lowest BCUT2D eigenvalue weighted by atomic mass is 10.2. The number of benzene rings is 1. The van der Waals surface area contributed by atoms with E-state index in [4.69, 9.17) is 16.1 Å². The fraction of sp³-hybridized carbons (Fsp3) is 0.333. The van der Waals surface area contributed by atoms with Crippen LogP contribution in [0.25, 0.3) is 0 Å². The summed E-state index contributed by atoms with van der Waals surface area (Å²) < 4.78 is 29.6. The molecule has 2 N–H and O–H groups in total. The van der Waals surface area contributed by atoms with Crippen LogP contribution in [-0.4, -0.2) is 23.7 Å². The van der Waals surface area contributed by atoms with Gasteiger partial charge in [0.2, 0.25) is 0 Å². The molecule has 0 bridgehead atoms. The van der Waals surface area contributed by atoms with Gasteiger partial charge in [0, 0.05) is 0 Å². The quantitative estimate of drug-likeness (QED) is 0.591. The third kappa shape index (κ3) is 7.53. The molecule has 94 valence electrons. The van der Waals surface area contributed by atoms with Gasteiger partial charge in [-0.05, 0) is 32.9 Å². The molecule has 0 saturated heterocycles. The van der Waals surface area contributed by atoms with E-state index in [-0.39, 0.29) is 4.90 Å². The van der Waals surface area contributed by atoms with E-state index in [1.165, 1.54) is 12.1 Å². The van der Waals surface area contributed by atoms with Gasteiger partial charge in [-0.15, -0.1) is 6.42 Å². The van der Waals surface area contributed by atoms with Gasteiger partial charge in [0.1, 0.15) is 5.60 Å². The van der Waals surface area contributed by atoms with Crippen molar-refractivity contribution in [1.82, 2.24) is 0 Å². The smallest absolute Gasteiger partial charge is 0.294 e. The summed E-state index contributed by atoms with van der Waals surface area (Å²) >= 11 is 0. The van der Waals surface area contributed by atoms with Crippen molar-refractivity contribution >= 4 is 10.1 Å². The highest BCUT2D eigenvalue weighted by Gasteiger charge is 2.06. The minimum Gasteiger partial charge on any atom is -0.378 e. The van der Waals surface area contributed by atoms with E-state index in [1.54, 1.807) is 26.0 Å². The van der Waals surface area contributed by atoms with E-state index in [9.17, 15) is 8.42 Å². The molecule has 1 aromatic carbocycles. The molecule has 0 amide bonds. The SMILES string of the molecule is C#CC(C)(C)O.Cc1ccc(S(=O)(=O)O)cc1. The van der Waals surface area contributed by atoms with E-state index in [1.807, 2.05) is 6.92 Å². The zero-order valence-electron chi connectivity index (χ0n) is 10.0. The first-order valence-electron chi connectivity index (χ1n) is 4.80. The number of terminal acetylenes is 1. The summed E-state index contributed by atoms with van der Waals surface area (Å²) in [5, 5.41) is 8.59. The minimum absolute atomic E-state index is 0.0666. The van der Waals surface area contributed by atoms with Crippen LogP contribution in [0.15, 0.2) is 29.2 Å². The lowest BCUT2D eigenvalue weighted by molar-refractivity contribution is 0.144. The van der Waals surface area contributed by atoms with Crippen molar-refractivity contribution in [2.24, 2.45) is 0 Å². The molecule has 0 fully saturated rings. The second-order valence-electron chi connectivity index (χ2n) is 3.99. The van der Waals surface area contributed by atoms with Crippen LogP contribution in [0.3, 0.4) is 0 Å². The van der Waals surface area contributed by atoms with Gasteiger partial charge in [-0.25, -0.2) is 0 Å². The number of aliphatic hydroxyl groups is 1. The molecule has 0 aromatic heterocycles. The Balaban J connectivity index is 0.000000366. The van der Waals surface area contributed by atoms with Crippen molar-refractivity contribution in [2.75, 3.05) is 0 Å². The highest BCUT2D eigenvalue weighted by atomic mass is 32.2. The molecule has 0 unspecified atom stereocenters. The first kappa shape index (κ1) is 15.7. The van der Waals surface area contributed by atoms with Crippen LogP contribution in [0.1, 0.15) is 19.4 Å². The fourth-order valence-corrected chi connectivity index (χ4v) is 1.19. The molecule has 0 aliphatic heterocycles. The van der Waals surface area contributed by atoms with E-state index in [0.717, 1.165) is 5.56 Å². The average molecular weight is 256 g/mol. The maximum absolute atomic E-state index is 10.5. The van der Waals surface area contributed by atoms with Crippen LogP contribution in [0.4, 0.5) is 0 Å². The molecule has 0 heterocycles. The van der Waals surface area contributed by atoms with Crippen molar-refractivity contribution in [3.05, 3.63) is 29.8 Å². The molecule has 0 spiro atoms. The molecule has 0 saturated carbocycles. The molecular formula is C12H16O4S. The second kappa shape index (κ2) is 5.82. The molecule has 1 rings (SSSR count). The average Bonchev–Trinajstić information content (AvgIpc) is 2.17. The number of hydrogen-bond acceptors (Lipinski definition) is 3. The van der Waals surface area contributed by atoms with Gasteiger partial charge in [-0.3, -0.25) is 4.55 Å². The van der Waals surface area contributed by atoms with Crippen LogP contribution >= 0.6 is 0 Å². The van der Waals surface area contributed by atoms with E-state index in [2.05, 4.69) is 5.92 Å². The van der Waals surface area contributed by atoms with Crippen molar-refractivity contribution in [1.29, 1.82) is 0 Å². The monoisotopic (exact) mass is 256 g/mol. The minimum atomic E-state index is -4.02. The fourth-order valence-electron chi connectivity index (χ4n) is 0.710. The van der Waals surface area contributed by atoms with Gasteiger partial charge in [0.25, 0.3) is 10.1 Å². The Bertz CT molecular complexity index is 487. The van der Waals surface area contributed by atoms with Crippen molar-refractivity contribution in [3.8, 4) is 12.3 Å². The molecule has 1 aromatic rings. The lowest BCUT2D eigenvalue weighted by Crippen LogP contribution is -2.13. The van der Waals surface area contributed by atoms with E-state index < -0.39 is 15.7 Å². The molecular weight excluding hydrogens is 240 g/mol. The zero-order chi connectivity index (χ0) is 13.7. The van der Waals surface area contributed by atoms with Crippen molar-refractivity contribution < 1.29 is 18.1 Å². The zero-order valence-corrected chi connectivity index (χ0v) is 10.8. The maximum atomic E-state index is 10.5. The Hall–Kier alpha value is -1.35. The van der Waals surface area contributed by atoms with Crippen LogP contribution in [0.2, 0.25) is 0 Å². The maximum Gasteiger partial charge on any atom is 0.294 e. The third-order valence-electron chi connectivity index (χ3n) is 1.67. The van der Waals surface area contributed by atoms with Crippen LogP contribution in [0, 0.1) is 19.3 Å². The molecule has 0 atom stereocenters. The van der Waals surface area contributed by atoms with Crippen LogP contribution in [-0.2, 0) is 10.1 Å². The van der Waals surface area contributed by atoms with Gasteiger partial charge >= 0.3 is 0 Å². The van der Waals surface area contributed by atoms with Crippen LogP contribution in [0.5, 0.6) is 0 Å². The highest BCUT2D eigenvalue weighted by Crippen LogP contribution is 2.08. The normalized spacial score (nSPS) is 11.1. The second-order valence-corrected chi connectivity index (χ2v) is 5.41. The highest BCUT2D eigenvalue weighted by molar-refractivity contribution is 7.85. The van der Waals surface area contributed by atoms with E-state index >= 15 is 0 Å². The Morgan fingerprint density at radius 3 is 1.82 bits per heavy atom. The molecule has 5 heteroatoms. The summed E-state index contributed by atoms with van der Waals surface area (Å²) in [5.41, 5.74) is 0.0254. The summed E-state index contributed by atoms with van der Waals surface area (Å²) in [6.45, 7) is 4.97. The first-order chi connectivity index (χ1) is 7.56. The number of aryl methyl sites for hydroxylation is 1. The molecule has 4 nitrogen and oxygen atoms in total. The predicted octanol–water partition coefficient (Wildman–Crippen LogP) is 1.63. The lowest BCUT2D eigenvalue weighted by Gasteiger charge is -2.04. The molecule has 0 aliphatic carbocycles. The predicted molar refractivity (Wildman–Crippen MR) is 66.1 cm³/mol. The van der Waals surface area contributed by atoms with Gasteiger partial charge in [-0.2, -0.15) is 8.42 Å². The summed E-state index contributed by atoms with van der Waals surface area (Å²) in [6.07, 6.45) is 4.81. The Labute approximate surface area is 102 Å². The van der Waals surface area contributed by atoms with Gasteiger partial charge < -0.3 is 5.11 Å². The molecule has 17 heavy (non-hydrogen) atoms. The standard InChI is InChI=1S/C7H8O3S.C5H8O/c1-6-2-4-7(5-3-6)11(8,9)10;1-4-5(2,3)6/h2-5H,1H3,(H,8,9,10);1,6H,2-3H3. The van der Waals surface area contributed by atoms with Crippen molar-refractivity contribution in [3.63, 3.8) is 0 Å². The Kier molecular flexibility index (Phi) is 5.36. The van der Waals surface area contributed by atoms with Gasteiger partial charge in [-0.1, -0.05) is 23.6 Å². The molecule has 0 aliphatic rings. The van der Waals surface area contributed by atoms with E-state index in [0.29, 0.717) is 0 Å². The summed E-state index contributed by atoms with van der Waals surface area (Å²) in [6, 6.07) is 5.99. The Morgan fingerprint density at radius 1 is 1.24 bits per heavy atom. The largest absolute Gasteiger partial charge is 0.378 e. The van der Waals surface area contributed by atoms with Crippen LogP contribution < -0.4 is 0 Å². The Morgan fingerprint density at radius 2 is 1.59 bits per heavy atom. The van der Waals surface area contributed by atoms with Gasteiger partial charge in [0.05, 0.1) is 4.90 Å². The summed E-state index contributed by atoms with van der Waals surface area (Å²) in [5.74, 6) is 2.16. The topological polar surface area (TPSA) is 74.6 Å². The molecule has 0 radical (unpaired) electrons. The first-order valence-corrected chi connectivity index (χ1v) is 6.24. The van der Waals surface area contributed by atoms with Gasteiger partial charge in [0.15, 0.2) is 0 Å². The number of rotatable bonds is 1. The van der Waals surface area contributed by atoms with Crippen molar-refractivity contribution in [2.45, 2.75) is 31.3 Å². The number of hydrogen-bond donors (Lipinski definition) is 2. The third-order valence-corrected chi connectivity index (χ3v) is 2.54.